The van der Waals surface area contributed by atoms with E-state index in [1.807, 2.05) is 12.3 Å². The van der Waals surface area contributed by atoms with Crippen LogP contribution in [0.3, 0.4) is 0 Å². The Labute approximate surface area is 107 Å². The van der Waals surface area contributed by atoms with Crippen LogP contribution in [-0.2, 0) is 0 Å². The average molecular weight is 262 g/mol. The Balaban J connectivity index is 2.11. The van der Waals surface area contributed by atoms with Crippen molar-refractivity contribution in [1.29, 1.82) is 0 Å². The van der Waals surface area contributed by atoms with Crippen molar-refractivity contribution in [2.75, 3.05) is 5.32 Å². The van der Waals surface area contributed by atoms with Crippen LogP contribution in [0, 0.1) is 6.92 Å². The molecule has 0 aliphatic heterocycles. The Bertz CT molecular complexity index is 591. The van der Waals surface area contributed by atoms with Crippen molar-refractivity contribution >= 4 is 28.3 Å². The first kappa shape index (κ1) is 12.2. The number of nitrogens with one attached hydrogen (secondary N) is 1. The smallest absolute Gasteiger partial charge is 0.267 e. The number of thiazole rings is 1. The molecule has 0 aliphatic rings. The molecule has 6 nitrogen and oxygen atoms in total. The molecular weight excluding hydrogens is 252 g/mol. The molecule has 0 fully saturated rings. The normalized spacial score (nSPS) is 10.1. The van der Waals surface area contributed by atoms with E-state index in [4.69, 9.17) is 5.73 Å². The summed E-state index contributed by atoms with van der Waals surface area (Å²) in [5.74, 6) is -0.953. The first-order chi connectivity index (χ1) is 8.56. The van der Waals surface area contributed by atoms with E-state index in [0.717, 1.165) is 5.69 Å². The molecule has 0 radical (unpaired) electrons. The number of aromatic nitrogens is 2. The summed E-state index contributed by atoms with van der Waals surface area (Å²) in [5, 5.41) is 5.00. The topological polar surface area (TPSA) is 98.0 Å². The fourth-order valence-electron chi connectivity index (χ4n) is 1.25. The molecule has 92 valence electrons. The van der Waals surface area contributed by atoms with Crippen LogP contribution in [0.5, 0.6) is 0 Å². The molecule has 2 aromatic rings. The monoisotopic (exact) mass is 262 g/mol. The fraction of sp³-hybridized carbons (Fsp3) is 0.0909. The van der Waals surface area contributed by atoms with Crippen LogP contribution in [0.4, 0.5) is 5.13 Å². The first-order valence-corrected chi connectivity index (χ1v) is 5.93. The van der Waals surface area contributed by atoms with Crippen LogP contribution in [0.2, 0.25) is 0 Å². The zero-order chi connectivity index (χ0) is 13.1. The molecule has 2 aromatic heterocycles. The molecule has 2 amide bonds. The molecule has 0 atom stereocenters. The Morgan fingerprint density at radius 3 is 2.67 bits per heavy atom. The number of carbonyl (C=O) groups is 2. The largest absolute Gasteiger partial charge is 0.364 e. The van der Waals surface area contributed by atoms with Gasteiger partial charge in [-0.15, -0.1) is 11.3 Å². The highest BCUT2D eigenvalue weighted by molar-refractivity contribution is 7.13. The van der Waals surface area contributed by atoms with Crippen LogP contribution < -0.4 is 11.1 Å². The molecule has 18 heavy (non-hydrogen) atoms. The van der Waals surface area contributed by atoms with Gasteiger partial charge in [0.15, 0.2) is 5.13 Å². The second kappa shape index (κ2) is 4.92. The van der Waals surface area contributed by atoms with Gasteiger partial charge in [-0.1, -0.05) is 0 Å². The van der Waals surface area contributed by atoms with Gasteiger partial charge in [0.05, 0.1) is 11.3 Å². The maximum absolute atomic E-state index is 11.8. The molecule has 0 spiro atoms. The maximum atomic E-state index is 11.8. The van der Waals surface area contributed by atoms with Gasteiger partial charge < -0.3 is 5.73 Å². The van der Waals surface area contributed by atoms with Crippen molar-refractivity contribution in [3.8, 4) is 0 Å². The minimum atomic E-state index is -0.627. The number of aryl methyl sites for hydroxylation is 1. The lowest BCUT2D eigenvalue weighted by atomic mass is 10.2. The first-order valence-electron chi connectivity index (χ1n) is 5.05. The summed E-state index contributed by atoms with van der Waals surface area (Å²) >= 11 is 1.34. The molecule has 0 unspecified atom stereocenters. The van der Waals surface area contributed by atoms with Gasteiger partial charge in [-0.25, -0.2) is 4.98 Å². The van der Waals surface area contributed by atoms with E-state index in [2.05, 4.69) is 15.3 Å². The lowest BCUT2D eigenvalue weighted by Crippen LogP contribution is -2.15. The van der Waals surface area contributed by atoms with E-state index < -0.39 is 5.91 Å². The van der Waals surface area contributed by atoms with Gasteiger partial charge in [-0.05, 0) is 19.1 Å². The van der Waals surface area contributed by atoms with Crippen LogP contribution >= 0.6 is 11.3 Å². The molecular formula is C11H10N4O2S. The lowest BCUT2D eigenvalue weighted by molar-refractivity contribution is 0.0990. The molecule has 0 saturated heterocycles. The molecule has 7 heteroatoms. The SMILES string of the molecule is Cc1csc(NC(=O)c2ccc(C(N)=O)nc2)n1. The quantitative estimate of drug-likeness (QED) is 0.868. The van der Waals surface area contributed by atoms with E-state index in [9.17, 15) is 9.59 Å². The van der Waals surface area contributed by atoms with Crippen LogP contribution in [0.1, 0.15) is 26.5 Å². The molecule has 0 bridgehead atoms. The van der Waals surface area contributed by atoms with E-state index in [1.165, 1.54) is 29.7 Å². The zero-order valence-corrected chi connectivity index (χ0v) is 10.3. The van der Waals surface area contributed by atoms with E-state index >= 15 is 0 Å². The second-order valence-corrected chi connectivity index (χ2v) is 4.40. The molecule has 0 aliphatic carbocycles. The van der Waals surface area contributed by atoms with Crippen molar-refractivity contribution in [2.24, 2.45) is 5.73 Å². The molecule has 0 aromatic carbocycles. The minimum Gasteiger partial charge on any atom is -0.364 e. The summed E-state index contributed by atoms with van der Waals surface area (Å²) in [6.45, 7) is 1.84. The zero-order valence-electron chi connectivity index (χ0n) is 9.51. The van der Waals surface area contributed by atoms with Crippen LogP contribution in [0.25, 0.3) is 0 Å². The van der Waals surface area contributed by atoms with Gasteiger partial charge in [0, 0.05) is 11.6 Å². The number of nitrogens with two attached hydrogens (primary N) is 1. The van der Waals surface area contributed by atoms with Crippen molar-refractivity contribution in [1.82, 2.24) is 9.97 Å². The third kappa shape index (κ3) is 2.69. The summed E-state index contributed by atoms with van der Waals surface area (Å²) in [7, 11) is 0. The number of hydrogen-bond acceptors (Lipinski definition) is 5. The number of rotatable bonds is 3. The number of anilines is 1. The lowest BCUT2D eigenvalue weighted by Gasteiger charge is -2.01. The van der Waals surface area contributed by atoms with Crippen molar-refractivity contribution in [3.05, 3.63) is 40.7 Å². The van der Waals surface area contributed by atoms with Gasteiger partial charge in [-0.2, -0.15) is 0 Å². The number of amides is 2. The summed E-state index contributed by atoms with van der Waals surface area (Å²) in [6, 6.07) is 2.90. The van der Waals surface area contributed by atoms with E-state index in [-0.39, 0.29) is 11.6 Å². The van der Waals surface area contributed by atoms with Gasteiger partial charge in [0.1, 0.15) is 5.69 Å². The van der Waals surface area contributed by atoms with Crippen molar-refractivity contribution in [2.45, 2.75) is 6.92 Å². The van der Waals surface area contributed by atoms with E-state index in [0.29, 0.717) is 10.7 Å². The fourth-order valence-corrected chi connectivity index (χ4v) is 1.94. The van der Waals surface area contributed by atoms with E-state index in [1.54, 1.807) is 0 Å². The highest BCUT2D eigenvalue weighted by atomic mass is 32.1. The number of hydrogen-bond donors (Lipinski definition) is 2. The standard InChI is InChI=1S/C11H10N4O2S/c1-6-5-18-11(14-6)15-10(17)7-2-3-8(9(12)16)13-4-7/h2-5H,1H3,(H2,12,16)(H,14,15,17). The van der Waals surface area contributed by atoms with Gasteiger partial charge in [0.2, 0.25) is 0 Å². The average Bonchev–Trinajstić information content (AvgIpc) is 2.75. The third-order valence-corrected chi connectivity index (χ3v) is 2.99. The predicted molar refractivity (Wildman–Crippen MR) is 67.6 cm³/mol. The highest BCUT2D eigenvalue weighted by Crippen LogP contribution is 2.15. The summed E-state index contributed by atoms with van der Waals surface area (Å²) in [5.41, 5.74) is 6.36. The summed E-state index contributed by atoms with van der Waals surface area (Å²) in [4.78, 5) is 30.5. The molecule has 3 N–H and O–H groups in total. The maximum Gasteiger partial charge on any atom is 0.267 e. The highest BCUT2D eigenvalue weighted by Gasteiger charge is 2.10. The summed E-state index contributed by atoms with van der Waals surface area (Å²) < 4.78 is 0. The predicted octanol–water partition coefficient (Wildman–Crippen LogP) is 1.20. The minimum absolute atomic E-state index is 0.122. The summed E-state index contributed by atoms with van der Waals surface area (Å²) in [6.07, 6.45) is 1.30. The number of pyridine rings is 1. The Morgan fingerprint density at radius 1 is 1.39 bits per heavy atom. The van der Waals surface area contributed by atoms with Gasteiger partial charge in [0.25, 0.3) is 11.8 Å². The van der Waals surface area contributed by atoms with Gasteiger partial charge >= 0.3 is 0 Å². The number of nitrogens with zero attached hydrogens (tertiary/aromatic N) is 2. The second-order valence-electron chi connectivity index (χ2n) is 3.54. The molecule has 2 heterocycles. The Kier molecular flexibility index (Phi) is 3.33. The number of primary amides is 1. The number of carbonyl (C=O) groups excluding carboxylic acids is 2. The van der Waals surface area contributed by atoms with Crippen molar-refractivity contribution in [3.63, 3.8) is 0 Å². The van der Waals surface area contributed by atoms with Crippen molar-refractivity contribution < 1.29 is 9.59 Å². The molecule has 0 saturated carbocycles. The van der Waals surface area contributed by atoms with Crippen LogP contribution in [-0.4, -0.2) is 21.8 Å². The van der Waals surface area contributed by atoms with Crippen LogP contribution in [0.15, 0.2) is 23.7 Å². The Hall–Kier alpha value is -2.28. The third-order valence-electron chi connectivity index (χ3n) is 2.12. The molecule has 2 rings (SSSR count). The Morgan fingerprint density at radius 2 is 2.17 bits per heavy atom. The van der Waals surface area contributed by atoms with Gasteiger partial charge in [-0.3, -0.25) is 19.9 Å².